The summed E-state index contributed by atoms with van der Waals surface area (Å²) in [6, 6.07) is 4.05. The SMILES string of the molecule is CC1(Cn2ncc(Nc3ncc4cc(Cl)c(C5CCN(C6COC6)C[C@@H]5F)cc4n3)c2Cl)COC1. The molecule has 0 amide bonds. The number of hydrogen-bond donors (Lipinski definition) is 1. The maximum Gasteiger partial charge on any atom is 0.227 e. The van der Waals surface area contributed by atoms with Crippen molar-refractivity contribution in [2.45, 2.75) is 38.0 Å². The molecule has 3 aromatic rings. The minimum atomic E-state index is -0.994. The Balaban J connectivity index is 1.21. The summed E-state index contributed by atoms with van der Waals surface area (Å²) < 4.78 is 27.6. The van der Waals surface area contributed by atoms with Gasteiger partial charge in [-0.1, -0.05) is 30.1 Å². The van der Waals surface area contributed by atoms with Crippen LogP contribution < -0.4 is 5.32 Å². The number of nitrogens with one attached hydrogen (secondary N) is 1. The molecule has 0 saturated carbocycles. The predicted molar refractivity (Wildman–Crippen MR) is 132 cm³/mol. The molecule has 3 saturated heterocycles. The summed E-state index contributed by atoms with van der Waals surface area (Å²) in [6.07, 6.45) is 3.09. The highest BCUT2D eigenvalue weighted by atomic mass is 35.5. The van der Waals surface area contributed by atoms with E-state index in [1.54, 1.807) is 17.1 Å². The number of anilines is 2. The monoisotopic (exact) mass is 520 g/mol. The Bertz CT molecular complexity index is 1250. The third kappa shape index (κ3) is 4.49. The second-order valence-electron chi connectivity index (χ2n) is 10.2. The second kappa shape index (κ2) is 9.12. The van der Waals surface area contributed by atoms with Gasteiger partial charge < -0.3 is 14.8 Å². The van der Waals surface area contributed by atoms with Crippen LogP contribution in [0.1, 0.15) is 24.8 Å². The number of halogens is 3. The molecule has 186 valence electrons. The molecule has 1 N–H and O–H groups in total. The molecular weight excluding hydrogens is 494 g/mol. The van der Waals surface area contributed by atoms with Gasteiger partial charge >= 0.3 is 0 Å². The third-order valence-electron chi connectivity index (χ3n) is 7.26. The van der Waals surface area contributed by atoms with Gasteiger partial charge in [-0.2, -0.15) is 5.10 Å². The molecule has 8 nitrogen and oxygen atoms in total. The van der Waals surface area contributed by atoms with E-state index in [9.17, 15) is 0 Å². The van der Waals surface area contributed by atoms with Crippen LogP contribution in [0.4, 0.5) is 16.0 Å². The summed E-state index contributed by atoms with van der Waals surface area (Å²) in [7, 11) is 0. The standard InChI is InChI=1S/C24H27Cl2FN6O2/c1-24(12-35-13-24)11-33-22(26)21(7-29-33)31-23-28-6-14-4-18(25)17(5-20(14)30-23)16-2-3-32(8-19(16)27)15-9-34-10-15/h4-7,15-16,19H,2-3,8-13H2,1H3,(H,28,30,31)/t16?,19-/m0/s1. The van der Waals surface area contributed by atoms with E-state index in [-0.39, 0.29) is 11.3 Å². The van der Waals surface area contributed by atoms with Crippen molar-refractivity contribution in [1.29, 1.82) is 0 Å². The van der Waals surface area contributed by atoms with Crippen LogP contribution >= 0.6 is 23.2 Å². The van der Waals surface area contributed by atoms with Gasteiger partial charge in [0.25, 0.3) is 0 Å². The first kappa shape index (κ1) is 23.4. The molecule has 2 atom stereocenters. The minimum absolute atomic E-state index is 0.0398. The van der Waals surface area contributed by atoms with E-state index in [1.165, 1.54) is 0 Å². The zero-order valence-electron chi connectivity index (χ0n) is 19.4. The van der Waals surface area contributed by atoms with E-state index in [0.717, 1.165) is 17.5 Å². The minimum Gasteiger partial charge on any atom is -0.380 e. The fourth-order valence-corrected chi connectivity index (χ4v) is 5.56. The first-order valence-corrected chi connectivity index (χ1v) is 12.6. The maximum atomic E-state index is 15.2. The molecular formula is C24H27Cl2FN6O2. The van der Waals surface area contributed by atoms with Gasteiger partial charge in [0.2, 0.25) is 5.95 Å². The molecule has 3 fully saturated rings. The fourth-order valence-electron chi connectivity index (χ4n) is 5.04. The first-order chi connectivity index (χ1) is 16.9. The highest BCUT2D eigenvalue weighted by molar-refractivity contribution is 6.32. The van der Waals surface area contributed by atoms with Crippen molar-refractivity contribution < 1.29 is 13.9 Å². The summed E-state index contributed by atoms with van der Waals surface area (Å²) >= 11 is 13.2. The van der Waals surface area contributed by atoms with Gasteiger partial charge in [0.15, 0.2) is 5.15 Å². The molecule has 3 aliphatic rings. The molecule has 6 rings (SSSR count). The topological polar surface area (TPSA) is 77.3 Å². The molecule has 0 spiro atoms. The molecule has 0 radical (unpaired) electrons. The van der Waals surface area contributed by atoms with Gasteiger partial charge in [0, 0.05) is 34.5 Å². The lowest BCUT2D eigenvalue weighted by Gasteiger charge is -2.43. The number of benzene rings is 1. The lowest BCUT2D eigenvalue weighted by molar-refractivity contribution is -0.111. The van der Waals surface area contributed by atoms with Crippen molar-refractivity contribution in [1.82, 2.24) is 24.6 Å². The van der Waals surface area contributed by atoms with Crippen molar-refractivity contribution >= 4 is 45.7 Å². The molecule has 0 bridgehead atoms. The molecule has 11 heteroatoms. The van der Waals surface area contributed by atoms with E-state index >= 15 is 4.39 Å². The summed E-state index contributed by atoms with van der Waals surface area (Å²) in [5.74, 6) is 0.127. The molecule has 5 heterocycles. The number of fused-ring (bicyclic) bond motifs is 1. The van der Waals surface area contributed by atoms with Crippen molar-refractivity contribution in [3.63, 3.8) is 0 Å². The zero-order chi connectivity index (χ0) is 24.2. The summed E-state index contributed by atoms with van der Waals surface area (Å²) in [5.41, 5.74) is 2.16. The van der Waals surface area contributed by atoms with E-state index in [4.69, 9.17) is 32.7 Å². The van der Waals surface area contributed by atoms with Crippen LogP contribution in [-0.4, -0.2) is 76.4 Å². The second-order valence-corrected chi connectivity index (χ2v) is 10.9. The van der Waals surface area contributed by atoms with Gasteiger partial charge in [-0.25, -0.2) is 14.4 Å². The molecule has 35 heavy (non-hydrogen) atoms. The third-order valence-corrected chi connectivity index (χ3v) is 7.99. The van der Waals surface area contributed by atoms with E-state index < -0.39 is 6.17 Å². The van der Waals surface area contributed by atoms with Gasteiger partial charge in [0.05, 0.1) is 56.4 Å². The van der Waals surface area contributed by atoms with Crippen molar-refractivity contribution in [2.75, 3.05) is 44.8 Å². The Morgan fingerprint density at radius 2 is 2.03 bits per heavy atom. The van der Waals surface area contributed by atoms with Gasteiger partial charge in [0.1, 0.15) is 6.17 Å². The lowest BCUT2D eigenvalue weighted by Crippen LogP contribution is -2.54. The number of piperidine rings is 1. The number of ether oxygens (including phenoxy) is 2. The zero-order valence-corrected chi connectivity index (χ0v) is 20.9. The van der Waals surface area contributed by atoms with Crippen LogP contribution in [0.15, 0.2) is 24.5 Å². The predicted octanol–water partition coefficient (Wildman–Crippen LogP) is 4.44. The van der Waals surface area contributed by atoms with E-state index in [1.807, 2.05) is 12.1 Å². The molecule has 2 aromatic heterocycles. The van der Waals surface area contributed by atoms with Crippen LogP contribution in [0.2, 0.25) is 10.2 Å². The van der Waals surface area contributed by atoms with Gasteiger partial charge in [-0.05, 0) is 30.7 Å². The number of nitrogens with zero attached hydrogens (tertiary/aromatic N) is 5. The van der Waals surface area contributed by atoms with Crippen molar-refractivity contribution in [3.05, 3.63) is 40.3 Å². The average Bonchev–Trinajstić information content (AvgIpc) is 3.10. The Hall–Kier alpha value is -2.04. The molecule has 1 aromatic carbocycles. The largest absolute Gasteiger partial charge is 0.380 e. The Morgan fingerprint density at radius 3 is 2.71 bits per heavy atom. The molecule has 1 unspecified atom stereocenters. The van der Waals surface area contributed by atoms with Gasteiger partial charge in [-0.15, -0.1) is 0 Å². The summed E-state index contributed by atoms with van der Waals surface area (Å²) in [5, 5.41) is 9.40. The molecule has 3 aliphatic heterocycles. The van der Waals surface area contributed by atoms with Crippen LogP contribution in [0.3, 0.4) is 0 Å². The number of rotatable bonds is 6. The smallest absolute Gasteiger partial charge is 0.227 e. The number of likely N-dealkylation sites (tertiary alicyclic amines) is 1. The number of alkyl halides is 1. The van der Waals surface area contributed by atoms with Crippen molar-refractivity contribution in [2.24, 2.45) is 5.41 Å². The lowest BCUT2D eigenvalue weighted by atomic mass is 9.86. The Kier molecular flexibility index (Phi) is 6.09. The summed E-state index contributed by atoms with van der Waals surface area (Å²) in [4.78, 5) is 11.3. The first-order valence-electron chi connectivity index (χ1n) is 11.9. The average molecular weight is 521 g/mol. The van der Waals surface area contributed by atoms with E-state index in [0.29, 0.717) is 79.3 Å². The summed E-state index contributed by atoms with van der Waals surface area (Å²) in [6.45, 7) is 6.82. The molecule has 0 aliphatic carbocycles. The Labute approximate surface area is 212 Å². The van der Waals surface area contributed by atoms with Crippen LogP contribution in [0.5, 0.6) is 0 Å². The number of hydrogen-bond acceptors (Lipinski definition) is 7. The van der Waals surface area contributed by atoms with E-state index in [2.05, 4.69) is 32.2 Å². The number of aromatic nitrogens is 4. The quantitative estimate of drug-likeness (QED) is 0.514. The van der Waals surface area contributed by atoms with Crippen LogP contribution in [-0.2, 0) is 16.0 Å². The van der Waals surface area contributed by atoms with Gasteiger partial charge in [-0.3, -0.25) is 9.58 Å². The maximum absolute atomic E-state index is 15.2. The van der Waals surface area contributed by atoms with Crippen LogP contribution in [0, 0.1) is 5.41 Å². The normalized spacial score (nSPS) is 24.8. The highest BCUT2D eigenvalue weighted by Gasteiger charge is 2.37. The highest BCUT2D eigenvalue weighted by Crippen LogP contribution is 2.38. The van der Waals surface area contributed by atoms with Crippen LogP contribution in [0.25, 0.3) is 10.9 Å². The van der Waals surface area contributed by atoms with Crippen molar-refractivity contribution in [3.8, 4) is 0 Å². The fraction of sp³-hybridized carbons (Fsp3) is 0.542. The Morgan fingerprint density at radius 1 is 1.20 bits per heavy atom.